The van der Waals surface area contributed by atoms with Crippen molar-refractivity contribution in [3.8, 4) is 0 Å². The first-order valence-electron chi connectivity index (χ1n) is 12.1. The third kappa shape index (κ3) is 4.44. The number of hydrogen-bond acceptors (Lipinski definition) is 4. The van der Waals surface area contributed by atoms with Crippen molar-refractivity contribution >= 4 is 11.8 Å². The second kappa shape index (κ2) is 8.45. The van der Waals surface area contributed by atoms with E-state index < -0.39 is 18.2 Å². The summed E-state index contributed by atoms with van der Waals surface area (Å²) in [6.07, 6.45) is 3.59. The highest BCUT2D eigenvalue weighted by molar-refractivity contribution is 5.91. The molecule has 176 valence electrons. The highest BCUT2D eigenvalue weighted by Crippen LogP contribution is 2.65. The van der Waals surface area contributed by atoms with E-state index in [1.165, 1.54) is 24.8 Å². The first kappa shape index (κ1) is 23.2. The van der Waals surface area contributed by atoms with Crippen LogP contribution in [0, 0.1) is 11.3 Å². The maximum atomic E-state index is 13.4. The molecule has 2 bridgehead atoms. The van der Waals surface area contributed by atoms with Gasteiger partial charge in [-0.25, -0.2) is 0 Å². The maximum Gasteiger partial charge on any atom is 0.243 e. The molecule has 1 aromatic carbocycles. The van der Waals surface area contributed by atoms with E-state index in [0.717, 1.165) is 11.5 Å². The summed E-state index contributed by atoms with van der Waals surface area (Å²) in [5, 5.41) is 16.6. The van der Waals surface area contributed by atoms with Crippen molar-refractivity contribution in [2.45, 2.75) is 96.5 Å². The molecule has 0 unspecified atom stereocenters. The molecule has 3 atom stereocenters. The molecule has 0 spiro atoms. The Hall–Kier alpha value is -1.92. The van der Waals surface area contributed by atoms with Crippen molar-refractivity contribution in [2.75, 3.05) is 6.54 Å². The van der Waals surface area contributed by atoms with Gasteiger partial charge in [-0.05, 0) is 47.1 Å². The van der Waals surface area contributed by atoms with Gasteiger partial charge in [0.05, 0.1) is 12.1 Å². The zero-order chi connectivity index (χ0) is 23.3. The normalized spacial score (nSPS) is 30.0. The van der Waals surface area contributed by atoms with Crippen molar-refractivity contribution in [1.29, 1.82) is 0 Å². The van der Waals surface area contributed by atoms with E-state index in [4.69, 9.17) is 0 Å². The third-order valence-electron chi connectivity index (χ3n) is 7.55. The van der Waals surface area contributed by atoms with Crippen LogP contribution < -0.4 is 10.6 Å². The second-order valence-corrected chi connectivity index (χ2v) is 11.7. The topological polar surface area (TPSA) is 81.7 Å². The summed E-state index contributed by atoms with van der Waals surface area (Å²) in [4.78, 5) is 28.0. The van der Waals surface area contributed by atoms with Crippen LogP contribution in [0.5, 0.6) is 0 Å². The summed E-state index contributed by atoms with van der Waals surface area (Å²) in [6.45, 7) is 10.7. The summed E-state index contributed by atoms with van der Waals surface area (Å²) >= 11 is 0. The van der Waals surface area contributed by atoms with Crippen LogP contribution in [0.15, 0.2) is 24.3 Å². The van der Waals surface area contributed by atoms with E-state index in [-0.39, 0.29) is 36.2 Å². The molecule has 1 heterocycles. The minimum Gasteiger partial charge on any atom is -0.391 e. The minimum absolute atomic E-state index is 0.120. The molecule has 0 aromatic heterocycles. The molecule has 3 saturated carbocycles. The van der Waals surface area contributed by atoms with Gasteiger partial charge in [0.15, 0.2) is 0 Å². The highest BCUT2D eigenvalue weighted by Gasteiger charge is 2.57. The van der Waals surface area contributed by atoms with E-state index in [1.807, 2.05) is 34.6 Å². The van der Waals surface area contributed by atoms with E-state index in [1.54, 1.807) is 4.90 Å². The van der Waals surface area contributed by atoms with Crippen LogP contribution in [0.2, 0.25) is 0 Å². The molecule has 1 aliphatic heterocycles. The molecule has 0 radical (unpaired) electrons. The monoisotopic (exact) mass is 441 g/mol. The predicted molar refractivity (Wildman–Crippen MR) is 125 cm³/mol. The largest absolute Gasteiger partial charge is 0.391 e. The molecule has 1 aromatic rings. The Bertz CT molecular complexity index is 841. The standard InChI is InChI=1S/C26H39N3O3/c1-16(2)28-22(25(3,4)5)24(32)29-15-20(30)10-21(29)23(31)27-14-17-6-8-19(9-7-17)26-11-18(12-26)13-26/h6-9,16,18,20-22,28,30H,10-15H2,1-5H3,(H,27,31)/t18?,20-,21+,22-,26?/m1/s1. The SMILES string of the molecule is CC(C)N[C@H](C(=O)N1C[C@H](O)C[C@H]1C(=O)NCc1ccc(C23CC(C2)C3)cc1)C(C)(C)C. The number of carbonyl (C=O) groups is 2. The molecule has 32 heavy (non-hydrogen) atoms. The fourth-order valence-electron chi connectivity index (χ4n) is 5.61. The van der Waals surface area contributed by atoms with E-state index >= 15 is 0 Å². The Kier molecular flexibility index (Phi) is 6.14. The van der Waals surface area contributed by atoms with Gasteiger partial charge >= 0.3 is 0 Å². The van der Waals surface area contributed by atoms with Gasteiger partial charge in [0.1, 0.15) is 6.04 Å². The van der Waals surface area contributed by atoms with Crippen LogP contribution in [0.25, 0.3) is 0 Å². The van der Waals surface area contributed by atoms with Crippen LogP contribution in [0.4, 0.5) is 0 Å². The second-order valence-electron chi connectivity index (χ2n) is 11.7. The summed E-state index contributed by atoms with van der Waals surface area (Å²) in [7, 11) is 0. The lowest BCUT2D eigenvalue weighted by molar-refractivity contribution is -0.142. The van der Waals surface area contributed by atoms with Crippen LogP contribution in [0.3, 0.4) is 0 Å². The van der Waals surface area contributed by atoms with Gasteiger partial charge in [0.25, 0.3) is 0 Å². The summed E-state index contributed by atoms with van der Waals surface area (Å²) in [5.74, 6) is 0.636. The Morgan fingerprint density at radius 3 is 2.28 bits per heavy atom. The average molecular weight is 442 g/mol. The molecule has 1 saturated heterocycles. The van der Waals surface area contributed by atoms with E-state index in [9.17, 15) is 14.7 Å². The van der Waals surface area contributed by atoms with Crippen molar-refractivity contribution in [3.05, 3.63) is 35.4 Å². The molecule has 4 fully saturated rings. The Balaban J connectivity index is 1.38. The van der Waals surface area contributed by atoms with Gasteiger partial charge in [-0.2, -0.15) is 0 Å². The quantitative estimate of drug-likeness (QED) is 0.608. The van der Waals surface area contributed by atoms with Crippen molar-refractivity contribution in [1.82, 2.24) is 15.5 Å². The first-order valence-corrected chi connectivity index (χ1v) is 12.1. The molecular formula is C26H39N3O3. The number of rotatable bonds is 7. The van der Waals surface area contributed by atoms with Gasteiger partial charge in [-0.1, -0.05) is 58.9 Å². The van der Waals surface area contributed by atoms with Gasteiger partial charge in [-0.3, -0.25) is 9.59 Å². The fraction of sp³-hybridized carbons (Fsp3) is 0.692. The average Bonchev–Trinajstić information content (AvgIpc) is 3.03. The predicted octanol–water partition coefficient (Wildman–Crippen LogP) is 2.73. The number of hydrogen-bond donors (Lipinski definition) is 3. The van der Waals surface area contributed by atoms with E-state index in [2.05, 4.69) is 34.9 Å². The number of β-amino-alcohol motifs (C(OH)–C–C–N with tert-alkyl or cyclic N) is 1. The third-order valence-corrected chi connectivity index (χ3v) is 7.55. The summed E-state index contributed by atoms with van der Waals surface area (Å²) in [6, 6.07) is 7.69. The van der Waals surface area contributed by atoms with Crippen LogP contribution in [-0.2, 0) is 21.5 Å². The van der Waals surface area contributed by atoms with Gasteiger partial charge in [0, 0.05) is 25.6 Å². The Labute approximate surface area is 192 Å². The van der Waals surface area contributed by atoms with Crippen LogP contribution in [0.1, 0.15) is 71.4 Å². The van der Waals surface area contributed by atoms with Crippen LogP contribution >= 0.6 is 0 Å². The van der Waals surface area contributed by atoms with Crippen molar-refractivity contribution < 1.29 is 14.7 Å². The minimum atomic E-state index is -0.679. The Morgan fingerprint density at radius 1 is 1.16 bits per heavy atom. The molecule has 3 aliphatic carbocycles. The lowest BCUT2D eigenvalue weighted by Crippen LogP contribution is -2.57. The number of nitrogens with one attached hydrogen (secondary N) is 2. The molecule has 4 aliphatic rings. The molecule has 6 nitrogen and oxygen atoms in total. The molecular weight excluding hydrogens is 402 g/mol. The van der Waals surface area contributed by atoms with E-state index in [0.29, 0.717) is 12.0 Å². The fourth-order valence-corrected chi connectivity index (χ4v) is 5.61. The highest BCUT2D eigenvalue weighted by atomic mass is 16.3. The number of benzene rings is 1. The Morgan fingerprint density at radius 2 is 1.78 bits per heavy atom. The molecule has 6 heteroatoms. The van der Waals surface area contributed by atoms with Crippen molar-refractivity contribution in [2.24, 2.45) is 11.3 Å². The number of aliphatic hydroxyl groups excluding tert-OH is 1. The number of amides is 2. The van der Waals surface area contributed by atoms with Crippen molar-refractivity contribution in [3.63, 3.8) is 0 Å². The first-order chi connectivity index (χ1) is 15.0. The van der Waals surface area contributed by atoms with Crippen LogP contribution in [-0.4, -0.2) is 52.6 Å². The maximum absolute atomic E-state index is 13.4. The van der Waals surface area contributed by atoms with Gasteiger partial charge < -0.3 is 20.6 Å². The summed E-state index contributed by atoms with van der Waals surface area (Å²) < 4.78 is 0. The number of likely N-dealkylation sites (tertiary alicyclic amines) is 1. The molecule has 3 N–H and O–H groups in total. The lowest BCUT2D eigenvalue weighted by atomic mass is 9.42. The zero-order valence-corrected chi connectivity index (χ0v) is 20.1. The lowest BCUT2D eigenvalue weighted by Gasteiger charge is -2.62. The summed E-state index contributed by atoms with van der Waals surface area (Å²) in [5.41, 5.74) is 2.62. The number of nitrogens with zero attached hydrogens (tertiary/aromatic N) is 1. The van der Waals surface area contributed by atoms with Gasteiger partial charge in [0.2, 0.25) is 11.8 Å². The number of carbonyl (C=O) groups excluding carboxylic acids is 2. The van der Waals surface area contributed by atoms with Gasteiger partial charge in [-0.15, -0.1) is 0 Å². The molecule has 5 rings (SSSR count). The number of aliphatic hydroxyl groups is 1. The smallest absolute Gasteiger partial charge is 0.243 e. The molecule has 2 amide bonds. The zero-order valence-electron chi connectivity index (χ0n) is 20.1.